The lowest BCUT2D eigenvalue weighted by Crippen LogP contribution is -2.03. The van der Waals surface area contributed by atoms with Gasteiger partial charge >= 0.3 is 5.69 Å². The third-order valence-corrected chi connectivity index (χ3v) is 2.45. The number of hydrogen-bond acceptors (Lipinski definition) is 4. The van der Waals surface area contributed by atoms with Crippen LogP contribution in [0.1, 0.15) is 0 Å². The van der Waals surface area contributed by atoms with Crippen LogP contribution < -0.4 is 9.47 Å². The van der Waals surface area contributed by atoms with Crippen LogP contribution in [-0.4, -0.2) is 18.2 Å². The molecule has 0 radical (unpaired) electrons. The summed E-state index contributed by atoms with van der Waals surface area (Å²) in [5, 5.41) is 11.1. The van der Waals surface area contributed by atoms with Crippen LogP contribution in [0.4, 0.5) is 10.1 Å². The zero-order valence-corrected chi connectivity index (χ0v) is 10.5. The second-order valence-corrected chi connectivity index (χ2v) is 3.81. The summed E-state index contributed by atoms with van der Waals surface area (Å²) in [5.41, 5.74) is -0.315. The molecule has 0 saturated heterocycles. The van der Waals surface area contributed by atoms with Crippen molar-refractivity contribution in [2.45, 2.75) is 0 Å². The quantitative estimate of drug-likeness (QED) is 0.596. The van der Waals surface area contributed by atoms with Gasteiger partial charge in [0.15, 0.2) is 0 Å². The Morgan fingerprint density at radius 3 is 2.40 bits per heavy atom. The van der Waals surface area contributed by atoms with E-state index in [2.05, 4.69) is 0 Å². The highest BCUT2D eigenvalue weighted by atomic mass is 19.1. The number of alkyl halides is 1. The zero-order chi connectivity index (χ0) is 14.4. The molecule has 0 saturated carbocycles. The molecular weight excluding hydrogens is 265 g/mol. The molecule has 104 valence electrons. The molecule has 0 aromatic heterocycles. The zero-order valence-electron chi connectivity index (χ0n) is 10.5. The maximum Gasteiger partial charge on any atom is 0.352 e. The Bertz CT molecular complexity index is 589. The van der Waals surface area contributed by atoms with Gasteiger partial charge in [-0.05, 0) is 24.3 Å². The van der Waals surface area contributed by atoms with Gasteiger partial charge in [0.05, 0.1) is 4.92 Å². The van der Waals surface area contributed by atoms with Crippen molar-refractivity contribution in [3.63, 3.8) is 0 Å². The summed E-state index contributed by atoms with van der Waals surface area (Å²) in [5.74, 6) is 0.511. The Kier molecular flexibility index (Phi) is 4.49. The van der Waals surface area contributed by atoms with Crippen LogP contribution in [0.25, 0.3) is 0 Å². The van der Waals surface area contributed by atoms with E-state index < -0.39 is 11.6 Å². The first-order chi connectivity index (χ1) is 9.72. The first-order valence-electron chi connectivity index (χ1n) is 5.91. The van der Waals surface area contributed by atoms with Crippen molar-refractivity contribution < 1.29 is 18.8 Å². The lowest BCUT2D eigenvalue weighted by atomic mass is 10.2. The van der Waals surface area contributed by atoms with E-state index in [4.69, 9.17) is 9.47 Å². The number of ether oxygens (including phenoxy) is 2. The molecule has 0 bridgehead atoms. The second kappa shape index (κ2) is 6.51. The van der Waals surface area contributed by atoms with Crippen LogP contribution in [0, 0.1) is 10.1 Å². The molecule has 0 aliphatic carbocycles. The Balaban J connectivity index is 2.34. The molecule has 2 rings (SSSR count). The summed E-state index contributed by atoms with van der Waals surface area (Å²) in [7, 11) is 0. The van der Waals surface area contributed by atoms with Crippen LogP contribution in [0.2, 0.25) is 0 Å². The molecule has 20 heavy (non-hydrogen) atoms. The molecule has 0 aliphatic heterocycles. The van der Waals surface area contributed by atoms with Gasteiger partial charge in [-0.3, -0.25) is 10.1 Å². The summed E-state index contributed by atoms with van der Waals surface area (Å²) >= 11 is 0. The van der Waals surface area contributed by atoms with Crippen LogP contribution in [-0.2, 0) is 0 Å². The average molecular weight is 277 g/mol. The van der Waals surface area contributed by atoms with Crippen molar-refractivity contribution in [2.75, 3.05) is 13.3 Å². The normalized spacial score (nSPS) is 10.1. The number of rotatable bonds is 6. The largest absolute Gasteiger partial charge is 0.484 e. The topological polar surface area (TPSA) is 61.6 Å². The van der Waals surface area contributed by atoms with Gasteiger partial charge in [0, 0.05) is 0 Å². The molecule has 0 aliphatic rings. The number of halogens is 1. The predicted molar refractivity (Wildman–Crippen MR) is 71.1 cm³/mol. The van der Waals surface area contributed by atoms with Crippen LogP contribution >= 0.6 is 0 Å². The highest BCUT2D eigenvalue weighted by molar-refractivity contribution is 5.58. The third-order valence-electron chi connectivity index (χ3n) is 2.45. The van der Waals surface area contributed by atoms with Crippen LogP contribution in [0.5, 0.6) is 17.2 Å². The summed E-state index contributed by atoms with van der Waals surface area (Å²) in [4.78, 5) is 10.5. The first-order valence-corrected chi connectivity index (χ1v) is 5.91. The molecule has 2 aromatic rings. The fourth-order valence-corrected chi connectivity index (χ4v) is 1.65. The second-order valence-electron chi connectivity index (χ2n) is 3.81. The van der Waals surface area contributed by atoms with E-state index in [1.807, 2.05) is 6.07 Å². The van der Waals surface area contributed by atoms with E-state index in [1.54, 1.807) is 30.3 Å². The maximum atomic E-state index is 12.1. The highest BCUT2D eigenvalue weighted by Crippen LogP contribution is 2.38. The molecule has 0 N–H and O–H groups in total. The van der Waals surface area contributed by atoms with Gasteiger partial charge in [-0.1, -0.05) is 24.3 Å². The molecule has 0 spiro atoms. The van der Waals surface area contributed by atoms with E-state index >= 15 is 0 Å². The minimum atomic E-state index is -0.721. The number of nitro groups is 1. The molecule has 0 heterocycles. The summed E-state index contributed by atoms with van der Waals surface area (Å²) in [6.07, 6.45) is 0. The number of nitrogens with zero attached hydrogens (tertiary/aromatic N) is 1. The van der Waals surface area contributed by atoms with Crippen molar-refractivity contribution in [3.05, 3.63) is 58.6 Å². The molecule has 0 atom stereocenters. The standard InChI is InChI=1S/C14H12FNO4/c15-9-10-19-12-7-4-8-13(14(12)16(17)18)20-11-5-2-1-3-6-11/h1-8H,9-10H2. The van der Waals surface area contributed by atoms with Gasteiger partial charge < -0.3 is 9.47 Å². The molecule has 6 heteroatoms. The Morgan fingerprint density at radius 1 is 1.05 bits per heavy atom. The smallest absolute Gasteiger partial charge is 0.352 e. The van der Waals surface area contributed by atoms with Gasteiger partial charge in [-0.2, -0.15) is 0 Å². The fourth-order valence-electron chi connectivity index (χ4n) is 1.65. The van der Waals surface area contributed by atoms with Gasteiger partial charge in [0.1, 0.15) is 19.0 Å². The number of hydrogen-bond donors (Lipinski definition) is 0. The van der Waals surface area contributed by atoms with Crippen molar-refractivity contribution in [1.29, 1.82) is 0 Å². The van der Waals surface area contributed by atoms with E-state index in [0.29, 0.717) is 5.75 Å². The molecule has 0 unspecified atom stereocenters. The van der Waals surface area contributed by atoms with Crippen molar-refractivity contribution in [3.8, 4) is 17.2 Å². The Labute approximate surface area is 114 Å². The maximum absolute atomic E-state index is 12.1. The Hall–Kier alpha value is -2.63. The predicted octanol–water partition coefficient (Wildman–Crippen LogP) is 3.74. The first kappa shape index (κ1) is 13.8. The van der Waals surface area contributed by atoms with Crippen LogP contribution in [0.3, 0.4) is 0 Å². The average Bonchev–Trinajstić information content (AvgIpc) is 2.46. The lowest BCUT2D eigenvalue weighted by molar-refractivity contribution is -0.386. The van der Waals surface area contributed by atoms with E-state index in [0.717, 1.165) is 0 Å². The molecular formula is C14H12FNO4. The molecule has 0 fully saturated rings. The number of benzene rings is 2. The van der Waals surface area contributed by atoms with Crippen LogP contribution in [0.15, 0.2) is 48.5 Å². The van der Waals surface area contributed by atoms with Crippen molar-refractivity contribution in [1.82, 2.24) is 0 Å². The monoisotopic (exact) mass is 277 g/mol. The molecule has 2 aromatic carbocycles. The van der Waals surface area contributed by atoms with Gasteiger partial charge in [0.2, 0.25) is 11.5 Å². The Morgan fingerprint density at radius 2 is 1.75 bits per heavy atom. The van der Waals surface area contributed by atoms with Crippen molar-refractivity contribution in [2.24, 2.45) is 0 Å². The highest BCUT2D eigenvalue weighted by Gasteiger charge is 2.22. The minimum Gasteiger partial charge on any atom is -0.484 e. The van der Waals surface area contributed by atoms with E-state index in [9.17, 15) is 14.5 Å². The summed E-state index contributed by atoms with van der Waals surface area (Å²) in [6.45, 7) is -0.962. The number of nitro benzene ring substituents is 1. The SMILES string of the molecule is O=[N+]([O-])c1c(OCCF)cccc1Oc1ccccc1. The van der Waals surface area contributed by atoms with E-state index in [1.165, 1.54) is 12.1 Å². The third kappa shape index (κ3) is 3.23. The molecule has 0 amide bonds. The molecule has 5 nitrogen and oxygen atoms in total. The summed E-state index contributed by atoms with van der Waals surface area (Å²) < 4.78 is 22.6. The van der Waals surface area contributed by atoms with Gasteiger partial charge in [-0.25, -0.2) is 4.39 Å². The van der Waals surface area contributed by atoms with Gasteiger partial charge in [0.25, 0.3) is 0 Å². The number of para-hydroxylation sites is 2. The van der Waals surface area contributed by atoms with E-state index in [-0.39, 0.29) is 23.8 Å². The fraction of sp³-hybridized carbons (Fsp3) is 0.143. The van der Waals surface area contributed by atoms with Gasteiger partial charge in [-0.15, -0.1) is 0 Å². The lowest BCUT2D eigenvalue weighted by Gasteiger charge is -2.09. The van der Waals surface area contributed by atoms with Crippen molar-refractivity contribution >= 4 is 5.69 Å². The minimum absolute atomic E-state index is 0.0129. The summed E-state index contributed by atoms with van der Waals surface area (Å²) in [6, 6.07) is 13.1.